The standard InChI is InChI=1S/C11H13N3O/c1-8-6-11(12)14(13-8)10-4-2-9(7-15)3-5-10/h2-6,15H,7,12H2,1H3. The van der Waals surface area contributed by atoms with E-state index in [0.29, 0.717) is 5.82 Å². The second-order valence-electron chi connectivity index (χ2n) is 3.45. The molecule has 0 atom stereocenters. The number of aliphatic hydroxyl groups is 1. The third kappa shape index (κ3) is 1.85. The van der Waals surface area contributed by atoms with Crippen molar-refractivity contribution in [1.29, 1.82) is 0 Å². The molecule has 0 radical (unpaired) electrons. The van der Waals surface area contributed by atoms with E-state index in [2.05, 4.69) is 5.10 Å². The van der Waals surface area contributed by atoms with Gasteiger partial charge in [-0.3, -0.25) is 0 Å². The Morgan fingerprint density at radius 3 is 2.47 bits per heavy atom. The maximum atomic E-state index is 8.91. The molecule has 0 unspecified atom stereocenters. The molecule has 0 saturated carbocycles. The van der Waals surface area contributed by atoms with Crippen LogP contribution in [0.4, 0.5) is 5.82 Å². The summed E-state index contributed by atoms with van der Waals surface area (Å²) in [6.45, 7) is 1.95. The van der Waals surface area contributed by atoms with Crippen molar-refractivity contribution in [2.45, 2.75) is 13.5 Å². The topological polar surface area (TPSA) is 64.1 Å². The van der Waals surface area contributed by atoms with Gasteiger partial charge in [0.15, 0.2) is 0 Å². The van der Waals surface area contributed by atoms with Gasteiger partial charge in [0, 0.05) is 6.07 Å². The van der Waals surface area contributed by atoms with Crippen LogP contribution in [0.1, 0.15) is 11.3 Å². The molecule has 0 saturated heterocycles. The average Bonchev–Trinajstić information content (AvgIpc) is 2.58. The highest BCUT2D eigenvalue weighted by molar-refractivity contribution is 5.43. The van der Waals surface area contributed by atoms with Crippen molar-refractivity contribution in [2.24, 2.45) is 0 Å². The number of nitrogen functional groups attached to an aromatic ring is 1. The van der Waals surface area contributed by atoms with Crippen LogP contribution in [-0.4, -0.2) is 14.9 Å². The lowest BCUT2D eigenvalue weighted by Gasteiger charge is -2.04. The molecular weight excluding hydrogens is 190 g/mol. The molecule has 0 aliphatic carbocycles. The summed E-state index contributed by atoms with van der Waals surface area (Å²) in [6, 6.07) is 9.29. The molecule has 78 valence electrons. The van der Waals surface area contributed by atoms with Gasteiger partial charge in [0.05, 0.1) is 18.0 Å². The van der Waals surface area contributed by atoms with E-state index in [0.717, 1.165) is 16.9 Å². The van der Waals surface area contributed by atoms with Crippen LogP contribution in [0.25, 0.3) is 5.69 Å². The van der Waals surface area contributed by atoms with Gasteiger partial charge in [0.2, 0.25) is 0 Å². The van der Waals surface area contributed by atoms with Crippen LogP contribution in [0.2, 0.25) is 0 Å². The molecule has 0 spiro atoms. The Kier molecular flexibility index (Phi) is 2.43. The number of nitrogens with zero attached hydrogens (tertiary/aromatic N) is 2. The predicted molar refractivity (Wildman–Crippen MR) is 58.6 cm³/mol. The number of aryl methyl sites for hydroxylation is 1. The fourth-order valence-electron chi connectivity index (χ4n) is 1.47. The number of aromatic nitrogens is 2. The maximum Gasteiger partial charge on any atom is 0.127 e. The number of nitrogens with two attached hydrogens (primary N) is 1. The van der Waals surface area contributed by atoms with Gasteiger partial charge in [-0.2, -0.15) is 5.10 Å². The number of benzene rings is 1. The number of aliphatic hydroxyl groups excluding tert-OH is 1. The summed E-state index contributed by atoms with van der Waals surface area (Å²) in [5.41, 5.74) is 8.46. The number of hydrogen-bond donors (Lipinski definition) is 2. The first kappa shape index (κ1) is 9.73. The Bertz CT molecular complexity index is 459. The fraction of sp³-hybridized carbons (Fsp3) is 0.182. The first-order valence-electron chi connectivity index (χ1n) is 4.73. The molecule has 0 fully saturated rings. The Morgan fingerprint density at radius 1 is 1.33 bits per heavy atom. The lowest BCUT2D eigenvalue weighted by atomic mass is 10.2. The summed E-state index contributed by atoms with van der Waals surface area (Å²) in [5.74, 6) is 0.615. The summed E-state index contributed by atoms with van der Waals surface area (Å²) < 4.78 is 1.68. The number of rotatable bonds is 2. The van der Waals surface area contributed by atoms with Gasteiger partial charge in [-0.05, 0) is 24.6 Å². The van der Waals surface area contributed by atoms with E-state index in [1.807, 2.05) is 37.3 Å². The smallest absolute Gasteiger partial charge is 0.127 e. The summed E-state index contributed by atoms with van der Waals surface area (Å²) in [5, 5.41) is 13.2. The van der Waals surface area contributed by atoms with E-state index in [1.54, 1.807) is 4.68 Å². The first-order chi connectivity index (χ1) is 7.20. The molecule has 0 aliphatic heterocycles. The Labute approximate surface area is 88.0 Å². The van der Waals surface area contributed by atoms with Gasteiger partial charge in [-0.1, -0.05) is 12.1 Å². The Morgan fingerprint density at radius 2 is 2.00 bits per heavy atom. The Hall–Kier alpha value is -1.81. The van der Waals surface area contributed by atoms with Crippen LogP contribution in [0, 0.1) is 6.92 Å². The maximum absolute atomic E-state index is 8.91. The van der Waals surface area contributed by atoms with Crippen molar-refractivity contribution in [3.8, 4) is 5.69 Å². The van der Waals surface area contributed by atoms with Gasteiger partial charge in [0.1, 0.15) is 5.82 Å². The molecule has 1 heterocycles. The molecule has 0 bridgehead atoms. The zero-order valence-corrected chi connectivity index (χ0v) is 8.51. The SMILES string of the molecule is Cc1cc(N)n(-c2ccc(CO)cc2)n1. The highest BCUT2D eigenvalue weighted by atomic mass is 16.3. The molecule has 1 aromatic carbocycles. The molecule has 0 aliphatic rings. The van der Waals surface area contributed by atoms with Crippen molar-refractivity contribution in [3.05, 3.63) is 41.6 Å². The van der Waals surface area contributed by atoms with E-state index < -0.39 is 0 Å². The number of hydrogen-bond acceptors (Lipinski definition) is 3. The highest BCUT2D eigenvalue weighted by Crippen LogP contribution is 2.14. The van der Waals surface area contributed by atoms with E-state index in [-0.39, 0.29) is 6.61 Å². The van der Waals surface area contributed by atoms with Crippen LogP contribution < -0.4 is 5.73 Å². The molecule has 3 N–H and O–H groups in total. The normalized spacial score (nSPS) is 10.5. The van der Waals surface area contributed by atoms with Crippen molar-refractivity contribution < 1.29 is 5.11 Å². The fourth-order valence-corrected chi connectivity index (χ4v) is 1.47. The molecule has 0 amide bonds. The first-order valence-corrected chi connectivity index (χ1v) is 4.73. The minimum atomic E-state index is 0.0495. The summed E-state index contributed by atoms with van der Waals surface area (Å²) in [6.07, 6.45) is 0. The lowest BCUT2D eigenvalue weighted by Crippen LogP contribution is -2.01. The minimum absolute atomic E-state index is 0.0495. The third-order valence-corrected chi connectivity index (χ3v) is 2.22. The minimum Gasteiger partial charge on any atom is -0.392 e. The van der Waals surface area contributed by atoms with Crippen molar-refractivity contribution in [1.82, 2.24) is 9.78 Å². The van der Waals surface area contributed by atoms with Crippen LogP contribution in [0.3, 0.4) is 0 Å². The van der Waals surface area contributed by atoms with Gasteiger partial charge in [-0.25, -0.2) is 4.68 Å². The molecule has 4 nitrogen and oxygen atoms in total. The monoisotopic (exact) mass is 203 g/mol. The molecule has 15 heavy (non-hydrogen) atoms. The van der Waals surface area contributed by atoms with E-state index >= 15 is 0 Å². The van der Waals surface area contributed by atoms with Crippen LogP contribution in [-0.2, 0) is 6.61 Å². The summed E-state index contributed by atoms with van der Waals surface area (Å²) in [4.78, 5) is 0. The van der Waals surface area contributed by atoms with Crippen LogP contribution in [0.5, 0.6) is 0 Å². The Balaban J connectivity index is 2.41. The van der Waals surface area contributed by atoms with Crippen molar-refractivity contribution in [3.63, 3.8) is 0 Å². The third-order valence-electron chi connectivity index (χ3n) is 2.22. The van der Waals surface area contributed by atoms with E-state index in [9.17, 15) is 0 Å². The largest absolute Gasteiger partial charge is 0.392 e. The lowest BCUT2D eigenvalue weighted by molar-refractivity contribution is 0.282. The second kappa shape index (κ2) is 3.74. The summed E-state index contributed by atoms with van der Waals surface area (Å²) >= 11 is 0. The van der Waals surface area contributed by atoms with E-state index in [4.69, 9.17) is 10.8 Å². The average molecular weight is 203 g/mol. The zero-order chi connectivity index (χ0) is 10.8. The quantitative estimate of drug-likeness (QED) is 0.772. The van der Waals surface area contributed by atoms with Gasteiger partial charge in [0.25, 0.3) is 0 Å². The van der Waals surface area contributed by atoms with Crippen molar-refractivity contribution >= 4 is 5.82 Å². The molecule has 2 rings (SSSR count). The molecule has 2 aromatic rings. The van der Waals surface area contributed by atoms with Crippen molar-refractivity contribution in [2.75, 3.05) is 5.73 Å². The molecule has 4 heteroatoms. The molecule has 1 aromatic heterocycles. The predicted octanol–water partition coefficient (Wildman–Crippen LogP) is 1.26. The van der Waals surface area contributed by atoms with Crippen LogP contribution >= 0.6 is 0 Å². The summed E-state index contributed by atoms with van der Waals surface area (Å²) in [7, 11) is 0. The molecular formula is C11H13N3O. The highest BCUT2D eigenvalue weighted by Gasteiger charge is 2.03. The van der Waals surface area contributed by atoms with Gasteiger partial charge < -0.3 is 10.8 Å². The van der Waals surface area contributed by atoms with Gasteiger partial charge >= 0.3 is 0 Å². The van der Waals surface area contributed by atoms with Crippen LogP contribution in [0.15, 0.2) is 30.3 Å². The van der Waals surface area contributed by atoms with Gasteiger partial charge in [-0.15, -0.1) is 0 Å². The van der Waals surface area contributed by atoms with E-state index in [1.165, 1.54) is 0 Å². The second-order valence-corrected chi connectivity index (χ2v) is 3.45. The zero-order valence-electron chi connectivity index (χ0n) is 8.51. The number of anilines is 1.